The lowest BCUT2D eigenvalue weighted by Gasteiger charge is -2.25. The lowest BCUT2D eigenvalue weighted by atomic mass is 10.0. The van der Waals surface area contributed by atoms with Gasteiger partial charge in [-0.05, 0) is 12.1 Å². The number of aromatic nitrogens is 2. The molecule has 2 N–H and O–H groups in total. The van der Waals surface area contributed by atoms with Crippen LogP contribution in [0.5, 0.6) is 5.75 Å². The second kappa shape index (κ2) is 11.0. The van der Waals surface area contributed by atoms with E-state index in [1.807, 2.05) is 29.2 Å². The van der Waals surface area contributed by atoms with Gasteiger partial charge >= 0.3 is 0 Å². The van der Waals surface area contributed by atoms with Crippen LogP contribution in [0.25, 0.3) is 0 Å². The highest BCUT2D eigenvalue weighted by Gasteiger charge is 2.33. The van der Waals surface area contributed by atoms with Gasteiger partial charge in [-0.25, -0.2) is 9.97 Å². The van der Waals surface area contributed by atoms with Gasteiger partial charge in [0.25, 0.3) is 0 Å². The number of amides is 2. The molecule has 0 saturated heterocycles. The van der Waals surface area contributed by atoms with E-state index in [1.54, 1.807) is 25.3 Å². The monoisotopic (exact) mass is 467 g/mol. The summed E-state index contributed by atoms with van der Waals surface area (Å²) in [6.07, 6.45) is 3.00. The van der Waals surface area contributed by atoms with Gasteiger partial charge < -0.3 is 25.0 Å². The molecule has 1 aromatic heterocycles. The lowest BCUT2D eigenvalue weighted by molar-refractivity contribution is -0.131. The van der Waals surface area contributed by atoms with E-state index >= 15 is 0 Å². The number of hydrogen-bond acceptors (Lipinski definition) is 9. The molecule has 0 spiro atoms. The molecule has 1 unspecified atom stereocenters. The molecular weight excluding hydrogens is 438 g/mol. The van der Waals surface area contributed by atoms with E-state index in [2.05, 4.69) is 25.6 Å². The minimum atomic E-state index is -0.629. The largest absolute Gasteiger partial charge is 0.492 e. The van der Waals surface area contributed by atoms with Crippen LogP contribution < -0.4 is 15.4 Å². The molecule has 2 aliphatic rings. The Balaban J connectivity index is 1.61. The maximum atomic E-state index is 12.8. The number of anilines is 2. The van der Waals surface area contributed by atoms with Gasteiger partial charge in [-0.3, -0.25) is 19.5 Å². The summed E-state index contributed by atoms with van der Waals surface area (Å²) in [5.41, 5.74) is 1.31. The molecule has 2 bridgehead atoms. The van der Waals surface area contributed by atoms with Crippen LogP contribution in [-0.4, -0.2) is 97.9 Å². The molecule has 2 amide bonds. The molecule has 11 heteroatoms. The fourth-order valence-electron chi connectivity index (χ4n) is 3.77. The maximum Gasteiger partial charge on any atom is 0.238 e. The number of likely N-dealkylation sites (N-methyl/N-ethyl adjacent to an activating group) is 1. The molecule has 0 fully saturated rings. The van der Waals surface area contributed by atoms with Crippen molar-refractivity contribution < 1.29 is 19.1 Å². The van der Waals surface area contributed by atoms with Gasteiger partial charge in [-0.2, -0.15) is 0 Å². The Morgan fingerprint density at radius 1 is 1.21 bits per heavy atom. The van der Waals surface area contributed by atoms with Crippen molar-refractivity contribution in [2.45, 2.75) is 5.92 Å². The summed E-state index contributed by atoms with van der Waals surface area (Å²) in [6.45, 7) is 3.33. The van der Waals surface area contributed by atoms with Crippen LogP contribution in [0.3, 0.4) is 0 Å². The molecule has 2 aromatic rings. The zero-order valence-corrected chi connectivity index (χ0v) is 19.4. The van der Waals surface area contributed by atoms with E-state index < -0.39 is 5.92 Å². The zero-order valence-electron chi connectivity index (χ0n) is 19.4. The highest BCUT2D eigenvalue weighted by Crippen LogP contribution is 2.34. The molecule has 3 heterocycles. The summed E-state index contributed by atoms with van der Waals surface area (Å²) in [5, 5.41) is 6.03. The minimum absolute atomic E-state index is 0.00390. The average molecular weight is 468 g/mol. The third-order valence-electron chi connectivity index (χ3n) is 5.72. The number of carbonyl (C=O) groups is 2. The van der Waals surface area contributed by atoms with Crippen molar-refractivity contribution in [2.75, 3.05) is 70.7 Å². The smallest absolute Gasteiger partial charge is 0.238 e. The first kappa shape index (κ1) is 23.6. The predicted molar refractivity (Wildman–Crippen MR) is 128 cm³/mol. The van der Waals surface area contributed by atoms with Crippen molar-refractivity contribution in [3.05, 3.63) is 36.2 Å². The van der Waals surface area contributed by atoms with Crippen LogP contribution in [0.2, 0.25) is 0 Å². The van der Waals surface area contributed by atoms with Crippen molar-refractivity contribution in [1.29, 1.82) is 0 Å². The fourth-order valence-corrected chi connectivity index (χ4v) is 3.77. The minimum Gasteiger partial charge on any atom is -0.492 e. The number of benzene rings is 1. The molecule has 0 radical (unpaired) electrons. The number of nitrogens with one attached hydrogen (secondary N) is 2. The molecule has 1 aromatic carbocycles. The Morgan fingerprint density at radius 3 is 2.91 bits per heavy atom. The third-order valence-corrected chi connectivity index (χ3v) is 5.72. The van der Waals surface area contributed by atoms with Gasteiger partial charge in [0, 0.05) is 52.6 Å². The topological polar surface area (TPSA) is 121 Å². The van der Waals surface area contributed by atoms with Crippen LogP contribution in [0.4, 0.5) is 17.3 Å². The summed E-state index contributed by atoms with van der Waals surface area (Å²) in [4.78, 5) is 42.1. The van der Waals surface area contributed by atoms with Gasteiger partial charge in [-0.1, -0.05) is 6.07 Å². The van der Waals surface area contributed by atoms with Gasteiger partial charge in [0.1, 0.15) is 36.2 Å². The summed E-state index contributed by atoms with van der Waals surface area (Å²) < 4.78 is 11.1. The van der Waals surface area contributed by atoms with Crippen molar-refractivity contribution in [3.63, 3.8) is 0 Å². The Kier molecular flexibility index (Phi) is 7.65. The first-order chi connectivity index (χ1) is 16.5. The van der Waals surface area contributed by atoms with Crippen LogP contribution in [0.15, 0.2) is 35.6 Å². The number of fused-ring (bicyclic) bond motifs is 2. The number of hydrogen-bond donors (Lipinski definition) is 2. The summed E-state index contributed by atoms with van der Waals surface area (Å²) in [5.74, 6) is 0.816. The molecule has 11 nitrogen and oxygen atoms in total. The summed E-state index contributed by atoms with van der Waals surface area (Å²) in [6, 6.07) is 7.35. The van der Waals surface area contributed by atoms with Crippen LogP contribution in [0, 0.1) is 0 Å². The van der Waals surface area contributed by atoms with Crippen LogP contribution >= 0.6 is 0 Å². The summed E-state index contributed by atoms with van der Waals surface area (Å²) >= 11 is 0. The Labute approximate surface area is 198 Å². The second-order valence-corrected chi connectivity index (χ2v) is 8.09. The number of carbonyl (C=O) groups excluding carboxylic acids is 2. The van der Waals surface area contributed by atoms with Crippen molar-refractivity contribution in [2.24, 2.45) is 4.99 Å². The number of aliphatic imine (C=N–C) groups is 1. The fraction of sp³-hybridized carbons (Fsp3) is 0.435. The predicted octanol–water partition coefficient (Wildman–Crippen LogP) is 1.13. The molecule has 1 atom stereocenters. The Hall–Kier alpha value is -3.57. The van der Waals surface area contributed by atoms with E-state index in [1.165, 1.54) is 6.33 Å². The highest BCUT2D eigenvalue weighted by atomic mass is 16.5. The second-order valence-electron chi connectivity index (χ2n) is 8.09. The molecule has 2 aliphatic heterocycles. The van der Waals surface area contributed by atoms with E-state index in [0.717, 1.165) is 0 Å². The van der Waals surface area contributed by atoms with Crippen molar-refractivity contribution >= 4 is 35.4 Å². The highest BCUT2D eigenvalue weighted by molar-refractivity contribution is 6.13. The SMILES string of the molecule is COCCN1CCOc2cccc(c2)N=CC2C(=O)Nc3ncnc(c32)NCCN(C)C(=O)C1. The number of rotatable bonds is 3. The Bertz CT molecular complexity index is 1060. The zero-order chi connectivity index (χ0) is 23.9. The normalized spacial score (nSPS) is 19.5. The van der Waals surface area contributed by atoms with Crippen molar-refractivity contribution in [3.8, 4) is 5.75 Å². The van der Waals surface area contributed by atoms with E-state index in [-0.39, 0.29) is 18.4 Å². The van der Waals surface area contributed by atoms with Gasteiger partial charge in [0.15, 0.2) is 0 Å². The van der Waals surface area contributed by atoms with Crippen LogP contribution in [0.1, 0.15) is 11.5 Å². The first-order valence-electron chi connectivity index (χ1n) is 11.2. The maximum absolute atomic E-state index is 12.8. The van der Waals surface area contributed by atoms with E-state index in [4.69, 9.17) is 9.47 Å². The number of nitrogens with zero attached hydrogens (tertiary/aromatic N) is 5. The standard InChI is InChI=1S/C23H29N7O4/c1-29-7-6-24-21-20-18(23(32)28-22(20)27-15-26-21)13-25-16-4-3-5-17(12-16)34-11-9-30(8-10-33-2)14-19(29)31/h3-5,12-13,15,18H,6-11,14H2,1-2H3,(H2,24,26,27,28,32). The molecular formula is C23H29N7O4. The quantitative estimate of drug-likeness (QED) is 0.689. The molecule has 4 rings (SSSR count). The van der Waals surface area contributed by atoms with Gasteiger partial charge in [-0.15, -0.1) is 0 Å². The van der Waals surface area contributed by atoms with E-state index in [0.29, 0.717) is 68.0 Å². The average Bonchev–Trinajstić information content (AvgIpc) is 3.16. The van der Waals surface area contributed by atoms with Gasteiger partial charge in [0.05, 0.1) is 24.4 Å². The molecule has 0 saturated carbocycles. The Morgan fingerprint density at radius 2 is 2.06 bits per heavy atom. The number of methoxy groups -OCH3 is 1. The first-order valence-corrected chi connectivity index (χ1v) is 11.2. The van der Waals surface area contributed by atoms with Crippen LogP contribution in [-0.2, 0) is 14.3 Å². The van der Waals surface area contributed by atoms with Gasteiger partial charge in [0.2, 0.25) is 11.8 Å². The lowest BCUT2D eigenvalue weighted by Crippen LogP contribution is -2.42. The molecule has 0 aliphatic carbocycles. The number of ether oxygens (including phenoxy) is 2. The third kappa shape index (κ3) is 5.67. The summed E-state index contributed by atoms with van der Waals surface area (Å²) in [7, 11) is 3.41. The molecule has 34 heavy (non-hydrogen) atoms. The van der Waals surface area contributed by atoms with E-state index in [9.17, 15) is 9.59 Å². The molecule has 180 valence electrons. The van der Waals surface area contributed by atoms with Crippen molar-refractivity contribution in [1.82, 2.24) is 19.8 Å².